The maximum Gasteiger partial charge on any atom is 0.306 e. The summed E-state index contributed by atoms with van der Waals surface area (Å²) in [4.78, 5) is 37.2. The molecular formula is C18H22N2O4. The van der Waals surface area contributed by atoms with Crippen LogP contribution in [0.15, 0.2) is 24.3 Å². The minimum atomic E-state index is -0.807. The number of hydrogen-bond acceptors (Lipinski definition) is 3. The molecule has 6 heteroatoms. The van der Waals surface area contributed by atoms with Gasteiger partial charge >= 0.3 is 5.97 Å². The summed E-state index contributed by atoms with van der Waals surface area (Å²) in [6, 6.07) is 7.68. The van der Waals surface area contributed by atoms with Gasteiger partial charge in [0, 0.05) is 24.7 Å². The van der Waals surface area contributed by atoms with E-state index in [1.807, 2.05) is 31.2 Å². The number of aliphatic carboxylic acids is 1. The van der Waals surface area contributed by atoms with Gasteiger partial charge in [0.25, 0.3) is 0 Å². The second-order valence-electron chi connectivity index (χ2n) is 6.60. The molecule has 3 rings (SSSR count). The van der Waals surface area contributed by atoms with Crippen LogP contribution in [-0.2, 0) is 20.8 Å². The molecule has 1 aliphatic heterocycles. The van der Waals surface area contributed by atoms with Gasteiger partial charge in [-0.1, -0.05) is 25.1 Å². The lowest BCUT2D eigenvalue weighted by Gasteiger charge is -2.33. The molecule has 0 bridgehead atoms. The van der Waals surface area contributed by atoms with E-state index in [1.165, 1.54) is 0 Å². The Labute approximate surface area is 140 Å². The Hall–Kier alpha value is -2.37. The number of carboxylic acid groups (broad SMARTS) is 1. The maximum absolute atomic E-state index is 12.4. The van der Waals surface area contributed by atoms with E-state index in [0.29, 0.717) is 19.4 Å². The fourth-order valence-corrected chi connectivity index (χ4v) is 3.45. The molecule has 2 N–H and O–H groups in total. The summed E-state index contributed by atoms with van der Waals surface area (Å²) >= 11 is 0. The smallest absolute Gasteiger partial charge is 0.306 e. The summed E-state index contributed by atoms with van der Waals surface area (Å²) in [5, 5.41) is 11.8. The minimum absolute atomic E-state index is 0.0342. The lowest BCUT2D eigenvalue weighted by Crippen LogP contribution is -2.48. The molecule has 1 heterocycles. The highest BCUT2D eigenvalue weighted by Crippen LogP contribution is 2.30. The first kappa shape index (κ1) is 16.5. The van der Waals surface area contributed by atoms with Gasteiger partial charge in [0.15, 0.2) is 0 Å². The predicted molar refractivity (Wildman–Crippen MR) is 88.6 cm³/mol. The summed E-state index contributed by atoms with van der Waals surface area (Å²) in [5.74, 6) is -1.71. The Balaban J connectivity index is 1.60. The van der Waals surface area contributed by atoms with Crippen LogP contribution in [0.25, 0.3) is 0 Å². The Kier molecular flexibility index (Phi) is 4.55. The number of carbonyl (C=O) groups is 3. The van der Waals surface area contributed by atoms with E-state index >= 15 is 0 Å². The Bertz CT molecular complexity index is 667. The molecule has 1 saturated heterocycles. The van der Waals surface area contributed by atoms with Gasteiger partial charge in [0.05, 0.1) is 11.8 Å². The number of carbonyl (C=O) groups excluding carboxylic acids is 2. The molecular weight excluding hydrogens is 308 g/mol. The second-order valence-corrected chi connectivity index (χ2v) is 6.60. The molecule has 128 valence electrons. The van der Waals surface area contributed by atoms with Crippen LogP contribution in [0.3, 0.4) is 0 Å². The minimum Gasteiger partial charge on any atom is -0.481 e. The van der Waals surface area contributed by atoms with Crippen LogP contribution in [0.1, 0.15) is 31.7 Å². The summed E-state index contributed by atoms with van der Waals surface area (Å²) in [6.07, 6.45) is 1.99. The fraction of sp³-hybridized carbons (Fsp3) is 0.500. The van der Waals surface area contributed by atoms with E-state index in [-0.39, 0.29) is 36.1 Å². The van der Waals surface area contributed by atoms with Gasteiger partial charge in [-0.2, -0.15) is 0 Å². The molecule has 1 atom stereocenters. The quantitative estimate of drug-likeness (QED) is 0.858. The summed E-state index contributed by atoms with van der Waals surface area (Å²) in [5.41, 5.74) is 1.98. The standard InChI is InChI=1S/C18H22N2O4/c1-2-11-5-3-4-6-15(11)20-10-13(9-16(20)21)17(22)19-14-7-12(8-14)18(23)24/h3-6,12-14H,2,7-10H2,1H3,(H,19,22)(H,23,24). The van der Waals surface area contributed by atoms with Gasteiger partial charge in [-0.05, 0) is 30.9 Å². The first-order valence-corrected chi connectivity index (χ1v) is 8.41. The molecule has 6 nitrogen and oxygen atoms in total. The zero-order valence-corrected chi connectivity index (χ0v) is 13.7. The van der Waals surface area contributed by atoms with Gasteiger partial charge in [-0.3, -0.25) is 14.4 Å². The largest absolute Gasteiger partial charge is 0.481 e. The summed E-state index contributed by atoms with van der Waals surface area (Å²) < 4.78 is 0. The van der Waals surface area contributed by atoms with Crippen molar-refractivity contribution in [3.05, 3.63) is 29.8 Å². The monoisotopic (exact) mass is 330 g/mol. The Morgan fingerprint density at radius 3 is 2.62 bits per heavy atom. The number of carboxylic acids is 1. The number of hydrogen-bond donors (Lipinski definition) is 2. The number of rotatable bonds is 5. The number of benzene rings is 1. The first-order valence-electron chi connectivity index (χ1n) is 8.41. The number of nitrogens with one attached hydrogen (secondary N) is 1. The number of para-hydroxylation sites is 1. The highest BCUT2D eigenvalue weighted by molar-refractivity contribution is 6.00. The molecule has 0 aromatic heterocycles. The molecule has 1 aromatic rings. The molecule has 1 saturated carbocycles. The molecule has 0 radical (unpaired) electrons. The lowest BCUT2D eigenvalue weighted by molar-refractivity contribution is -0.146. The van der Waals surface area contributed by atoms with Gasteiger partial charge < -0.3 is 15.3 Å². The van der Waals surface area contributed by atoms with E-state index in [2.05, 4.69) is 5.32 Å². The molecule has 2 aliphatic rings. The SMILES string of the molecule is CCc1ccccc1N1CC(C(=O)NC2CC(C(=O)O)C2)CC1=O. The molecule has 1 unspecified atom stereocenters. The molecule has 0 spiro atoms. The number of anilines is 1. The van der Waals surface area contributed by atoms with Crippen LogP contribution >= 0.6 is 0 Å². The van der Waals surface area contributed by atoms with Crippen molar-refractivity contribution in [1.82, 2.24) is 5.32 Å². The van der Waals surface area contributed by atoms with Crippen molar-refractivity contribution in [3.8, 4) is 0 Å². The van der Waals surface area contributed by atoms with Gasteiger partial charge in [0.2, 0.25) is 11.8 Å². The number of nitrogens with zero attached hydrogens (tertiary/aromatic N) is 1. The van der Waals surface area contributed by atoms with Gasteiger partial charge in [0.1, 0.15) is 0 Å². The van der Waals surface area contributed by atoms with Crippen LogP contribution in [0, 0.1) is 11.8 Å². The van der Waals surface area contributed by atoms with Crippen molar-refractivity contribution in [2.24, 2.45) is 11.8 Å². The van der Waals surface area contributed by atoms with E-state index in [9.17, 15) is 14.4 Å². The predicted octanol–water partition coefficient (Wildman–Crippen LogP) is 1.58. The third-order valence-electron chi connectivity index (χ3n) is 4.99. The van der Waals surface area contributed by atoms with Crippen molar-refractivity contribution in [1.29, 1.82) is 0 Å². The highest BCUT2D eigenvalue weighted by atomic mass is 16.4. The third kappa shape index (κ3) is 3.13. The average Bonchev–Trinajstić information content (AvgIpc) is 2.91. The van der Waals surface area contributed by atoms with Crippen LogP contribution in [0.4, 0.5) is 5.69 Å². The maximum atomic E-state index is 12.4. The molecule has 2 fully saturated rings. The number of amides is 2. The van der Waals surface area contributed by atoms with Crippen molar-refractivity contribution < 1.29 is 19.5 Å². The van der Waals surface area contributed by atoms with Gasteiger partial charge in [-0.25, -0.2) is 0 Å². The molecule has 1 aromatic carbocycles. The summed E-state index contributed by atoms with van der Waals surface area (Å²) in [7, 11) is 0. The van der Waals surface area contributed by atoms with Crippen molar-refractivity contribution >= 4 is 23.5 Å². The highest BCUT2D eigenvalue weighted by Gasteiger charge is 2.39. The third-order valence-corrected chi connectivity index (χ3v) is 4.99. The average molecular weight is 330 g/mol. The number of aryl methyl sites for hydroxylation is 1. The van der Waals surface area contributed by atoms with Crippen LogP contribution in [-0.4, -0.2) is 35.5 Å². The Morgan fingerprint density at radius 1 is 1.25 bits per heavy atom. The summed E-state index contributed by atoms with van der Waals surface area (Å²) in [6.45, 7) is 2.43. The normalized spacial score (nSPS) is 26.1. The van der Waals surface area contributed by atoms with Crippen LogP contribution in [0.5, 0.6) is 0 Å². The van der Waals surface area contributed by atoms with E-state index in [4.69, 9.17) is 5.11 Å². The Morgan fingerprint density at radius 2 is 1.96 bits per heavy atom. The van der Waals surface area contributed by atoms with Crippen molar-refractivity contribution in [2.45, 2.75) is 38.6 Å². The van der Waals surface area contributed by atoms with Crippen molar-refractivity contribution in [3.63, 3.8) is 0 Å². The molecule has 1 aliphatic carbocycles. The molecule has 2 amide bonds. The molecule has 24 heavy (non-hydrogen) atoms. The van der Waals surface area contributed by atoms with Crippen LogP contribution in [0.2, 0.25) is 0 Å². The van der Waals surface area contributed by atoms with E-state index < -0.39 is 5.97 Å². The zero-order chi connectivity index (χ0) is 17.3. The van der Waals surface area contributed by atoms with Gasteiger partial charge in [-0.15, -0.1) is 0 Å². The zero-order valence-electron chi connectivity index (χ0n) is 13.7. The van der Waals surface area contributed by atoms with E-state index in [0.717, 1.165) is 17.7 Å². The van der Waals surface area contributed by atoms with Crippen molar-refractivity contribution in [2.75, 3.05) is 11.4 Å². The van der Waals surface area contributed by atoms with E-state index in [1.54, 1.807) is 4.90 Å². The second kappa shape index (κ2) is 6.63. The first-order chi connectivity index (χ1) is 11.5. The fourth-order valence-electron chi connectivity index (χ4n) is 3.45. The van der Waals surface area contributed by atoms with Crippen LogP contribution < -0.4 is 10.2 Å². The topological polar surface area (TPSA) is 86.7 Å². The lowest BCUT2D eigenvalue weighted by atomic mass is 9.80.